The summed E-state index contributed by atoms with van der Waals surface area (Å²) in [6.07, 6.45) is 1.76. The molecule has 162 valence electrons. The number of amides is 1. The van der Waals surface area contributed by atoms with Crippen molar-refractivity contribution in [1.82, 2.24) is 19.9 Å². The molecule has 0 radical (unpaired) electrons. The van der Waals surface area contributed by atoms with Gasteiger partial charge in [0.1, 0.15) is 5.69 Å². The number of thiazole rings is 1. The standard InChI is InChI=1S/C21H24BrN7OS/c1-13-19(31-21(23-3)25-13)18-17(22)12-24-20(27-18)26-15-5-4-6-16(11-15)29-9-7-28(8-10-29)14(2)30/h4-6,11-12H,7-10H2,1-3H3,(H,23,25)(H,24,26,27). The Labute approximate surface area is 193 Å². The molecule has 31 heavy (non-hydrogen) atoms. The van der Waals surface area contributed by atoms with Crippen molar-refractivity contribution >= 4 is 55.6 Å². The number of rotatable bonds is 5. The molecule has 0 unspecified atom stereocenters. The van der Waals surface area contributed by atoms with Crippen LogP contribution in [0.25, 0.3) is 10.6 Å². The minimum Gasteiger partial charge on any atom is -0.368 e. The fourth-order valence-electron chi connectivity index (χ4n) is 3.50. The van der Waals surface area contributed by atoms with E-state index in [4.69, 9.17) is 4.98 Å². The molecule has 8 nitrogen and oxygen atoms in total. The Morgan fingerprint density at radius 2 is 1.97 bits per heavy atom. The van der Waals surface area contributed by atoms with Crippen LogP contribution in [-0.4, -0.2) is 59.0 Å². The molecule has 2 aromatic heterocycles. The topological polar surface area (TPSA) is 86.3 Å². The van der Waals surface area contributed by atoms with Crippen molar-refractivity contribution in [2.45, 2.75) is 13.8 Å². The average Bonchev–Trinajstić information content (AvgIpc) is 3.16. The van der Waals surface area contributed by atoms with Crippen molar-refractivity contribution in [3.05, 3.63) is 40.6 Å². The van der Waals surface area contributed by atoms with Crippen LogP contribution in [-0.2, 0) is 4.79 Å². The van der Waals surface area contributed by atoms with E-state index < -0.39 is 0 Å². The summed E-state index contributed by atoms with van der Waals surface area (Å²) >= 11 is 5.13. The number of halogens is 1. The third-order valence-corrected chi connectivity index (χ3v) is 6.92. The summed E-state index contributed by atoms with van der Waals surface area (Å²) in [5, 5.41) is 7.26. The molecule has 0 spiro atoms. The van der Waals surface area contributed by atoms with Crippen LogP contribution in [0.3, 0.4) is 0 Å². The molecular weight excluding hydrogens is 478 g/mol. The number of benzene rings is 1. The first-order chi connectivity index (χ1) is 14.9. The Morgan fingerprint density at radius 3 is 2.65 bits per heavy atom. The summed E-state index contributed by atoms with van der Waals surface area (Å²) in [4.78, 5) is 30.4. The minimum atomic E-state index is 0.135. The van der Waals surface area contributed by atoms with Gasteiger partial charge in [0.25, 0.3) is 0 Å². The van der Waals surface area contributed by atoms with Crippen LogP contribution < -0.4 is 15.5 Å². The fourth-order valence-corrected chi connectivity index (χ4v) is 4.94. The summed E-state index contributed by atoms with van der Waals surface area (Å²) in [5.41, 5.74) is 3.76. The Bertz CT molecular complexity index is 1100. The van der Waals surface area contributed by atoms with Crippen LogP contribution in [0.5, 0.6) is 0 Å². The highest BCUT2D eigenvalue weighted by atomic mass is 79.9. The molecule has 1 saturated heterocycles. The van der Waals surface area contributed by atoms with Crippen LogP contribution >= 0.6 is 27.3 Å². The van der Waals surface area contributed by atoms with Gasteiger partial charge < -0.3 is 20.4 Å². The van der Waals surface area contributed by atoms with E-state index in [1.54, 1.807) is 24.5 Å². The monoisotopic (exact) mass is 501 g/mol. The van der Waals surface area contributed by atoms with Gasteiger partial charge >= 0.3 is 0 Å². The summed E-state index contributed by atoms with van der Waals surface area (Å²) in [6.45, 7) is 6.73. The van der Waals surface area contributed by atoms with E-state index in [9.17, 15) is 4.79 Å². The lowest BCUT2D eigenvalue weighted by Gasteiger charge is -2.35. The van der Waals surface area contributed by atoms with E-state index >= 15 is 0 Å². The van der Waals surface area contributed by atoms with Crippen molar-refractivity contribution in [1.29, 1.82) is 0 Å². The van der Waals surface area contributed by atoms with Crippen LogP contribution in [0.2, 0.25) is 0 Å². The van der Waals surface area contributed by atoms with Gasteiger partial charge in [-0.1, -0.05) is 17.4 Å². The first-order valence-electron chi connectivity index (χ1n) is 10.00. The SMILES string of the molecule is CNc1nc(C)c(-c2nc(Nc3cccc(N4CCN(C(C)=O)CC4)c3)ncc2Br)s1. The number of carbonyl (C=O) groups is 1. The van der Waals surface area contributed by atoms with Crippen molar-refractivity contribution in [3.63, 3.8) is 0 Å². The summed E-state index contributed by atoms with van der Waals surface area (Å²) < 4.78 is 0.824. The van der Waals surface area contributed by atoms with Gasteiger partial charge in [-0.25, -0.2) is 15.0 Å². The maximum Gasteiger partial charge on any atom is 0.227 e. The highest BCUT2D eigenvalue weighted by Gasteiger charge is 2.19. The van der Waals surface area contributed by atoms with Crippen LogP contribution in [0.4, 0.5) is 22.5 Å². The number of nitrogens with one attached hydrogen (secondary N) is 2. The van der Waals surface area contributed by atoms with Crippen molar-refractivity contribution < 1.29 is 4.79 Å². The quantitative estimate of drug-likeness (QED) is 0.543. The lowest BCUT2D eigenvalue weighted by molar-refractivity contribution is -0.129. The molecule has 0 saturated carbocycles. The number of aromatic nitrogens is 3. The van der Waals surface area contributed by atoms with E-state index in [1.165, 1.54) is 0 Å². The number of hydrogen-bond donors (Lipinski definition) is 2. The van der Waals surface area contributed by atoms with E-state index in [0.29, 0.717) is 5.95 Å². The molecule has 10 heteroatoms. The zero-order valence-electron chi connectivity index (χ0n) is 17.6. The number of aryl methyl sites for hydroxylation is 1. The van der Waals surface area contributed by atoms with Crippen LogP contribution in [0, 0.1) is 6.92 Å². The van der Waals surface area contributed by atoms with E-state index in [0.717, 1.165) is 63.4 Å². The molecule has 1 aliphatic rings. The molecule has 3 heterocycles. The second kappa shape index (κ2) is 9.19. The summed E-state index contributed by atoms with van der Waals surface area (Å²) in [7, 11) is 1.86. The first kappa shape index (κ1) is 21.5. The molecule has 1 amide bonds. The molecule has 0 atom stereocenters. The number of nitrogens with zero attached hydrogens (tertiary/aromatic N) is 5. The molecule has 1 aliphatic heterocycles. The number of piperazine rings is 1. The van der Waals surface area contributed by atoms with Gasteiger partial charge in [0.15, 0.2) is 5.13 Å². The zero-order chi connectivity index (χ0) is 22.0. The van der Waals surface area contributed by atoms with E-state index in [2.05, 4.69) is 53.6 Å². The molecule has 4 rings (SSSR count). The second-order valence-corrected chi connectivity index (χ2v) is 9.10. The van der Waals surface area contributed by atoms with E-state index in [1.807, 2.05) is 31.0 Å². The van der Waals surface area contributed by atoms with Gasteiger partial charge in [0, 0.05) is 57.7 Å². The zero-order valence-corrected chi connectivity index (χ0v) is 20.0. The lowest BCUT2D eigenvalue weighted by atomic mass is 10.2. The largest absolute Gasteiger partial charge is 0.368 e. The van der Waals surface area contributed by atoms with Gasteiger partial charge in [-0.15, -0.1) is 0 Å². The predicted octanol–water partition coefficient (Wildman–Crippen LogP) is 4.12. The van der Waals surface area contributed by atoms with Gasteiger partial charge in [-0.3, -0.25) is 4.79 Å². The van der Waals surface area contributed by atoms with Gasteiger partial charge in [-0.05, 0) is 41.1 Å². The lowest BCUT2D eigenvalue weighted by Crippen LogP contribution is -2.48. The highest BCUT2D eigenvalue weighted by Crippen LogP contribution is 2.36. The second-order valence-electron chi connectivity index (χ2n) is 7.24. The van der Waals surface area contributed by atoms with Gasteiger partial charge in [-0.2, -0.15) is 0 Å². The number of hydrogen-bond acceptors (Lipinski definition) is 8. The smallest absolute Gasteiger partial charge is 0.227 e. The fraction of sp³-hybridized carbons (Fsp3) is 0.333. The normalized spacial score (nSPS) is 13.9. The predicted molar refractivity (Wildman–Crippen MR) is 129 cm³/mol. The molecule has 2 N–H and O–H groups in total. The summed E-state index contributed by atoms with van der Waals surface area (Å²) in [5.74, 6) is 0.659. The first-order valence-corrected chi connectivity index (χ1v) is 11.6. The molecule has 0 aliphatic carbocycles. The van der Waals surface area contributed by atoms with Crippen molar-refractivity contribution in [3.8, 4) is 10.6 Å². The molecule has 1 aromatic carbocycles. The van der Waals surface area contributed by atoms with Crippen LogP contribution in [0.15, 0.2) is 34.9 Å². The highest BCUT2D eigenvalue weighted by molar-refractivity contribution is 9.10. The maximum absolute atomic E-state index is 11.6. The Kier molecular flexibility index (Phi) is 6.38. The Balaban J connectivity index is 1.53. The molecular formula is C21H24BrN7OS. The van der Waals surface area contributed by atoms with Gasteiger partial charge in [0.05, 0.1) is 15.0 Å². The van der Waals surface area contributed by atoms with Crippen LogP contribution in [0.1, 0.15) is 12.6 Å². The maximum atomic E-state index is 11.6. The number of carbonyl (C=O) groups excluding carboxylic acids is 1. The van der Waals surface area contributed by atoms with Gasteiger partial charge in [0.2, 0.25) is 11.9 Å². The van der Waals surface area contributed by atoms with Crippen molar-refractivity contribution in [2.75, 3.05) is 48.8 Å². The van der Waals surface area contributed by atoms with Crippen molar-refractivity contribution in [2.24, 2.45) is 0 Å². The summed E-state index contributed by atoms with van der Waals surface area (Å²) in [6, 6.07) is 8.19. The third kappa shape index (κ3) is 4.80. The number of anilines is 4. The molecule has 0 bridgehead atoms. The Morgan fingerprint density at radius 1 is 1.19 bits per heavy atom. The van der Waals surface area contributed by atoms with E-state index in [-0.39, 0.29) is 5.91 Å². The Hall–Kier alpha value is -2.72. The minimum absolute atomic E-state index is 0.135. The molecule has 3 aromatic rings. The third-order valence-electron chi connectivity index (χ3n) is 5.16. The molecule has 1 fully saturated rings. The average molecular weight is 502 g/mol.